The SMILES string of the molecule is C=CCCC(=O)N(C)[C@@H](C)[C@@H](OC(=O)[C@H]1[C@@H]2O[C@@]3(CC2Br)[C@@H]1C(=O)N([C@@H](CO)Cc1ccccc1)[C@@H]3C(=O)N(CC=C)C1CCCCC1)c1ccccc1. The summed E-state index contributed by atoms with van der Waals surface area (Å²) < 4.78 is 13.3. The van der Waals surface area contributed by atoms with E-state index in [-0.39, 0.29) is 35.7 Å². The van der Waals surface area contributed by atoms with Gasteiger partial charge in [-0.2, -0.15) is 0 Å². The molecule has 290 valence electrons. The zero-order valence-electron chi connectivity index (χ0n) is 31.4. The molecule has 3 amide bonds. The first-order valence-corrected chi connectivity index (χ1v) is 20.3. The molecule has 54 heavy (non-hydrogen) atoms. The average molecular weight is 805 g/mol. The molecule has 11 heteroatoms. The number of aliphatic hydroxyl groups excluding tert-OH is 1. The van der Waals surface area contributed by atoms with E-state index in [1.54, 1.807) is 29.0 Å². The van der Waals surface area contributed by atoms with Crippen molar-refractivity contribution in [3.63, 3.8) is 0 Å². The summed E-state index contributed by atoms with van der Waals surface area (Å²) in [6.45, 7) is 9.47. The van der Waals surface area contributed by atoms with Crippen LogP contribution in [0.1, 0.15) is 75.5 Å². The Morgan fingerprint density at radius 2 is 1.72 bits per heavy atom. The third-order valence-corrected chi connectivity index (χ3v) is 13.0. The summed E-state index contributed by atoms with van der Waals surface area (Å²) in [5.41, 5.74) is 0.283. The number of hydrogen-bond donors (Lipinski definition) is 1. The van der Waals surface area contributed by atoms with Gasteiger partial charge in [-0.15, -0.1) is 13.2 Å². The molecule has 3 aliphatic heterocycles. The number of hydrogen-bond acceptors (Lipinski definition) is 7. The molecule has 4 aliphatic rings. The number of carbonyl (C=O) groups is 4. The Morgan fingerprint density at radius 1 is 1.06 bits per heavy atom. The Balaban J connectivity index is 1.38. The van der Waals surface area contributed by atoms with Gasteiger partial charge in [0.2, 0.25) is 17.7 Å². The molecular formula is C43H54BrN3O7. The topological polar surface area (TPSA) is 117 Å². The van der Waals surface area contributed by atoms with Crippen molar-refractivity contribution in [2.45, 2.75) is 112 Å². The highest BCUT2D eigenvalue weighted by Gasteiger charge is 2.77. The lowest BCUT2D eigenvalue weighted by Crippen LogP contribution is -2.61. The molecule has 1 spiro atoms. The largest absolute Gasteiger partial charge is 0.455 e. The molecule has 1 aliphatic carbocycles. The summed E-state index contributed by atoms with van der Waals surface area (Å²) >= 11 is 3.80. The molecule has 3 heterocycles. The number of allylic oxidation sites excluding steroid dienone is 1. The van der Waals surface area contributed by atoms with Crippen LogP contribution in [0.15, 0.2) is 86.0 Å². The number of alkyl halides is 1. The molecule has 1 N–H and O–H groups in total. The Hall–Kier alpha value is -3.80. The van der Waals surface area contributed by atoms with Gasteiger partial charge in [-0.25, -0.2) is 0 Å². The lowest BCUT2D eigenvalue weighted by atomic mass is 9.70. The van der Waals surface area contributed by atoms with E-state index < -0.39 is 59.6 Å². The van der Waals surface area contributed by atoms with Crippen LogP contribution in [0.2, 0.25) is 0 Å². The number of nitrogens with zero attached hydrogens (tertiary/aromatic N) is 3. The van der Waals surface area contributed by atoms with Crippen LogP contribution in [-0.4, -0.2) is 104 Å². The van der Waals surface area contributed by atoms with Crippen LogP contribution < -0.4 is 0 Å². The van der Waals surface area contributed by atoms with Crippen molar-refractivity contribution in [1.29, 1.82) is 0 Å². The van der Waals surface area contributed by atoms with Gasteiger partial charge >= 0.3 is 5.97 Å². The number of likely N-dealkylation sites (tertiary alicyclic amines) is 1. The number of ether oxygens (including phenoxy) is 2. The van der Waals surface area contributed by atoms with Gasteiger partial charge in [-0.1, -0.05) is 108 Å². The van der Waals surface area contributed by atoms with Gasteiger partial charge in [0.1, 0.15) is 17.7 Å². The van der Waals surface area contributed by atoms with E-state index in [4.69, 9.17) is 9.47 Å². The second-order valence-electron chi connectivity index (χ2n) is 15.3. The number of fused-ring (bicyclic) bond motifs is 1. The van der Waals surface area contributed by atoms with Crippen LogP contribution >= 0.6 is 15.9 Å². The summed E-state index contributed by atoms with van der Waals surface area (Å²) in [6, 6.07) is 16.5. The highest BCUT2D eigenvalue weighted by molar-refractivity contribution is 9.09. The molecule has 1 saturated carbocycles. The minimum absolute atomic E-state index is 0.0169. The normalized spacial score (nSPS) is 27.8. The quantitative estimate of drug-likeness (QED) is 0.130. The molecule has 2 bridgehead atoms. The summed E-state index contributed by atoms with van der Waals surface area (Å²) in [4.78, 5) is 62.8. The highest BCUT2D eigenvalue weighted by Crippen LogP contribution is 2.61. The molecule has 4 fully saturated rings. The third kappa shape index (κ3) is 7.56. The van der Waals surface area contributed by atoms with Crippen molar-refractivity contribution in [3.8, 4) is 0 Å². The molecule has 3 saturated heterocycles. The van der Waals surface area contributed by atoms with Crippen LogP contribution in [-0.2, 0) is 35.1 Å². The predicted octanol–water partition coefficient (Wildman–Crippen LogP) is 5.78. The minimum Gasteiger partial charge on any atom is -0.455 e. The summed E-state index contributed by atoms with van der Waals surface area (Å²) in [6.07, 6.45) is 8.11. The molecule has 6 rings (SSSR count). The number of likely N-dealkylation sites (N-methyl/N-ethyl adjacent to an activating group) is 1. The van der Waals surface area contributed by atoms with Crippen LogP contribution in [0.3, 0.4) is 0 Å². The lowest BCUT2D eigenvalue weighted by Gasteiger charge is -2.42. The molecule has 0 aromatic heterocycles. The maximum Gasteiger partial charge on any atom is 0.313 e. The number of esters is 1. The molecule has 0 radical (unpaired) electrons. The van der Waals surface area contributed by atoms with Gasteiger partial charge in [0.05, 0.1) is 36.6 Å². The monoisotopic (exact) mass is 803 g/mol. The van der Waals surface area contributed by atoms with Crippen molar-refractivity contribution in [3.05, 3.63) is 97.1 Å². The summed E-state index contributed by atoms with van der Waals surface area (Å²) in [7, 11) is 1.70. The lowest BCUT2D eigenvalue weighted by molar-refractivity contribution is -0.165. The number of benzene rings is 2. The first-order valence-electron chi connectivity index (χ1n) is 19.4. The average Bonchev–Trinajstić information content (AvgIpc) is 3.80. The second kappa shape index (κ2) is 17.3. The van der Waals surface area contributed by atoms with Crippen molar-refractivity contribution in [2.75, 3.05) is 20.2 Å². The van der Waals surface area contributed by atoms with Crippen molar-refractivity contribution in [2.24, 2.45) is 11.8 Å². The summed E-state index contributed by atoms with van der Waals surface area (Å²) in [5.74, 6) is -3.42. The van der Waals surface area contributed by atoms with E-state index in [0.717, 1.165) is 37.7 Å². The maximum absolute atomic E-state index is 15.2. The minimum atomic E-state index is -1.33. The van der Waals surface area contributed by atoms with Crippen LogP contribution in [0.4, 0.5) is 0 Å². The Morgan fingerprint density at radius 3 is 2.35 bits per heavy atom. The fraction of sp³-hybridized carbons (Fsp3) is 0.535. The Bertz CT molecular complexity index is 1670. The van der Waals surface area contributed by atoms with Crippen molar-refractivity contribution >= 4 is 39.6 Å². The van der Waals surface area contributed by atoms with Crippen molar-refractivity contribution in [1.82, 2.24) is 14.7 Å². The molecule has 2 aromatic carbocycles. The molecular weight excluding hydrogens is 750 g/mol. The van der Waals surface area contributed by atoms with Gasteiger partial charge in [-0.05, 0) is 50.2 Å². The zero-order chi connectivity index (χ0) is 38.6. The number of aliphatic hydroxyl groups is 1. The number of rotatable bonds is 16. The standard InChI is InChI=1S/C43H54BrN3O7/c1-5-7-23-34(49)45(4)28(3)37(30-19-13-9-14-20-30)53-42(52)35-36-40(50)47(32(27-48)25-29-17-11-8-12-18-29)39(43(36)26-33(44)38(35)54-43)41(51)46(24-6-2)31-21-15-10-16-22-31/h5-6,8-9,11-14,17-20,28,31-33,35-39,48H,1-2,7,10,15-16,21-27H2,3-4H3/t28-,32+,33?,35+,36-,37+,38+,39+,43-/m0/s1. The third-order valence-electron chi connectivity index (χ3n) is 12.2. The number of amides is 3. The number of halogens is 1. The molecule has 9 atom stereocenters. The zero-order valence-corrected chi connectivity index (χ0v) is 33.0. The predicted molar refractivity (Wildman–Crippen MR) is 209 cm³/mol. The van der Waals surface area contributed by atoms with Gasteiger partial charge in [-0.3, -0.25) is 19.2 Å². The van der Waals surface area contributed by atoms with Crippen LogP contribution in [0, 0.1) is 11.8 Å². The van der Waals surface area contributed by atoms with E-state index in [1.807, 2.05) is 72.5 Å². The fourth-order valence-corrected chi connectivity index (χ4v) is 10.3. The van der Waals surface area contributed by atoms with E-state index in [2.05, 4.69) is 29.1 Å². The van der Waals surface area contributed by atoms with Gasteiger partial charge < -0.3 is 29.3 Å². The van der Waals surface area contributed by atoms with Gasteiger partial charge in [0.25, 0.3) is 0 Å². The highest BCUT2D eigenvalue weighted by atomic mass is 79.9. The Labute approximate surface area is 327 Å². The van der Waals surface area contributed by atoms with E-state index in [9.17, 15) is 14.7 Å². The van der Waals surface area contributed by atoms with E-state index in [0.29, 0.717) is 31.4 Å². The first kappa shape index (κ1) is 39.9. The van der Waals surface area contributed by atoms with Crippen molar-refractivity contribution < 1.29 is 33.8 Å². The summed E-state index contributed by atoms with van der Waals surface area (Å²) in [5, 5.41) is 11.0. The molecule has 1 unspecified atom stereocenters. The van der Waals surface area contributed by atoms with Gasteiger partial charge in [0, 0.05) is 30.9 Å². The first-order chi connectivity index (χ1) is 26.1. The fourth-order valence-electron chi connectivity index (χ4n) is 9.38. The molecule has 10 nitrogen and oxygen atoms in total. The van der Waals surface area contributed by atoms with Gasteiger partial charge in [0.15, 0.2) is 0 Å². The number of carbonyl (C=O) groups excluding carboxylic acids is 4. The maximum atomic E-state index is 15.2. The van der Waals surface area contributed by atoms with Crippen LogP contribution in [0.5, 0.6) is 0 Å². The Kier molecular flexibility index (Phi) is 12.8. The van der Waals surface area contributed by atoms with E-state index >= 15 is 9.59 Å². The van der Waals surface area contributed by atoms with Crippen LogP contribution in [0.25, 0.3) is 0 Å². The smallest absolute Gasteiger partial charge is 0.313 e. The second-order valence-corrected chi connectivity index (χ2v) is 16.5. The van der Waals surface area contributed by atoms with E-state index in [1.165, 1.54) is 0 Å². The molecule has 2 aromatic rings.